The molecule has 0 aliphatic rings. The van der Waals surface area contributed by atoms with Gasteiger partial charge in [0.05, 0.1) is 11.5 Å². The van der Waals surface area contributed by atoms with Gasteiger partial charge in [0, 0.05) is 21.9 Å². The molecule has 0 saturated heterocycles. The SMILES string of the molecule is O=[N+]([O-])c1ccc(Sc2ccc(CO)cc2F)cc1. The van der Waals surface area contributed by atoms with Crippen LogP contribution in [-0.2, 0) is 6.61 Å². The van der Waals surface area contributed by atoms with Crippen molar-refractivity contribution in [3.63, 3.8) is 0 Å². The second-order valence-electron chi connectivity index (χ2n) is 3.78. The van der Waals surface area contributed by atoms with E-state index in [4.69, 9.17) is 5.11 Å². The highest BCUT2D eigenvalue weighted by Gasteiger charge is 2.08. The molecular formula is C13H10FNO3S. The molecule has 2 aromatic rings. The van der Waals surface area contributed by atoms with Crippen molar-refractivity contribution in [1.29, 1.82) is 0 Å². The number of hydrogen-bond donors (Lipinski definition) is 1. The van der Waals surface area contributed by atoms with Gasteiger partial charge in [-0.2, -0.15) is 0 Å². The first-order valence-electron chi connectivity index (χ1n) is 5.42. The molecule has 0 atom stereocenters. The maximum atomic E-state index is 13.7. The van der Waals surface area contributed by atoms with Crippen LogP contribution < -0.4 is 0 Å². The first kappa shape index (κ1) is 13.5. The van der Waals surface area contributed by atoms with Crippen molar-refractivity contribution in [2.45, 2.75) is 16.4 Å². The molecule has 0 saturated carbocycles. The first-order valence-corrected chi connectivity index (χ1v) is 6.23. The number of nitro benzene ring substituents is 1. The van der Waals surface area contributed by atoms with Crippen LogP contribution in [0.3, 0.4) is 0 Å². The summed E-state index contributed by atoms with van der Waals surface area (Å²) in [5, 5.41) is 19.4. The van der Waals surface area contributed by atoms with Gasteiger partial charge in [-0.05, 0) is 29.8 Å². The van der Waals surface area contributed by atoms with Gasteiger partial charge >= 0.3 is 0 Å². The number of aliphatic hydroxyl groups excluding tert-OH is 1. The third kappa shape index (κ3) is 3.30. The summed E-state index contributed by atoms with van der Waals surface area (Å²) in [6, 6.07) is 10.4. The Morgan fingerprint density at radius 3 is 2.42 bits per heavy atom. The predicted octanol–water partition coefficient (Wildman–Crippen LogP) is 3.38. The van der Waals surface area contributed by atoms with Crippen LogP contribution in [0.2, 0.25) is 0 Å². The zero-order chi connectivity index (χ0) is 13.8. The van der Waals surface area contributed by atoms with Crippen LogP contribution in [-0.4, -0.2) is 10.0 Å². The molecule has 0 aromatic heterocycles. The van der Waals surface area contributed by atoms with Gasteiger partial charge in [-0.1, -0.05) is 17.8 Å². The smallest absolute Gasteiger partial charge is 0.269 e. The Morgan fingerprint density at radius 1 is 1.21 bits per heavy atom. The lowest BCUT2D eigenvalue weighted by Gasteiger charge is -2.04. The molecule has 0 amide bonds. The van der Waals surface area contributed by atoms with E-state index in [-0.39, 0.29) is 12.3 Å². The van der Waals surface area contributed by atoms with Crippen LogP contribution >= 0.6 is 11.8 Å². The van der Waals surface area contributed by atoms with Gasteiger partial charge in [-0.3, -0.25) is 10.1 Å². The summed E-state index contributed by atoms with van der Waals surface area (Å²) in [4.78, 5) is 11.1. The van der Waals surface area contributed by atoms with E-state index in [2.05, 4.69) is 0 Å². The molecule has 2 aromatic carbocycles. The lowest BCUT2D eigenvalue weighted by Crippen LogP contribution is -1.88. The van der Waals surface area contributed by atoms with E-state index >= 15 is 0 Å². The summed E-state index contributed by atoms with van der Waals surface area (Å²) in [6.07, 6.45) is 0. The van der Waals surface area contributed by atoms with E-state index in [9.17, 15) is 14.5 Å². The van der Waals surface area contributed by atoms with Gasteiger partial charge in [0.1, 0.15) is 5.82 Å². The molecule has 0 radical (unpaired) electrons. The van der Waals surface area contributed by atoms with E-state index in [0.29, 0.717) is 15.4 Å². The number of nitrogens with zero attached hydrogens (tertiary/aromatic N) is 1. The van der Waals surface area contributed by atoms with Crippen LogP contribution in [0, 0.1) is 15.9 Å². The van der Waals surface area contributed by atoms with Crippen LogP contribution in [0.15, 0.2) is 52.3 Å². The van der Waals surface area contributed by atoms with Crippen molar-refractivity contribution in [3.8, 4) is 0 Å². The Hall–Kier alpha value is -1.92. The normalized spacial score (nSPS) is 10.4. The van der Waals surface area contributed by atoms with E-state index in [1.807, 2.05) is 0 Å². The predicted molar refractivity (Wildman–Crippen MR) is 69.5 cm³/mol. The molecule has 0 bridgehead atoms. The van der Waals surface area contributed by atoms with E-state index < -0.39 is 10.7 Å². The van der Waals surface area contributed by atoms with Gasteiger partial charge in [0.2, 0.25) is 0 Å². The Balaban J connectivity index is 2.19. The highest BCUT2D eigenvalue weighted by atomic mass is 32.2. The van der Waals surface area contributed by atoms with Gasteiger partial charge in [0.25, 0.3) is 5.69 Å². The fraction of sp³-hybridized carbons (Fsp3) is 0.0769. The average Bonchev–Trinajstić information content (AvgIpc) is 2.41. The fourth-order valence-corrected chi connectivity index (χ4v) is 2.31. The van der Waals surface area contributed by atoms with Crippen LogP contribution in [0.5, 0.6) is 0 Å². The Bertz CT molecular complexity index is 601. The zero-order valence-electron chi connectivity index (χ0n) is 9.75. The Kier molecular flexibility index (Phi) is 4.13. The van der Waals surface area contributed by atoms with Gasteiger partial charge in [0.15, 0.2) is 0 Å². The van der Waals surface area contributed by atoms with Gasteiger partial charge in [-0.25, -0.2) is 4.39 Å². The van der Waals surface area contributed by atoms with Crippen molar-refractivity contribution in [2.24, 2.45) is 0 Å². The molecular weight excluding hydrogens is 269 g/mol. The quantitative estimate of drug-likeness (QED) is 0.688. The summed E-state index contributed by atoms with van der Waals surface area (Å²) in [6.45, 7) is -0.209. The summed E-state index contributed by atoms with van der Waals surface area (Å²) >= 11 is 1.17. The second-order valence-corrected chi connectivity index (χ2v) is 4.89. The number of halogens is 1. The molecule has 0 aliphatic heterocycles. The lowest BCUT2D eigenvalue weighted by atomic mass is 10.2. The third-order valence-corrected chi connectivity index (χ3v) is 3.51. The standard InChI is InChI=1S/C13H10FNO3S/c14-12-7-9(8-16)1-6-13(12)19-11-4-2-10(3-5-11)15(17)18/h1-7,16H,8H2. The summed E-state index contributed by atoms with van der Waals surface area (Å²) < 4.78 is 13.7. The highest BCUT2D eigenvalue weighted by molar-refractivity contribution is 7.99. The molecule has 98 valence electrons. The van der Waals surface area contributed by atoms with Gasteiger partial charge in [-0.15, -0.1) is 0 Å². The van der Waals surface area contributed by atoms with Crippen LogP contribution in [0.4, 0.5) is 10.1 Å². The fourth-order valence-electron chi connectivity index (χ4n) is 1.49. The minimum atomic E-state index is -0.481. The topological polar surface area (TPSA) is 63.4 Å². The number of aliphatic hydroxyl groups is 1. The minimum absolute atomic E-state index is 0.000417. The number of nitro groups is 1. The highest BCUT2D eigenvalue weighted by Crippen LogP contribution is 2.31. The second kappa shape index (κ2) is 5.81. The largest absolute Gasteiger partial charge is 0.392 e. The lowest BCUT2D eigenvalue weighted by molar-refractivity contribution is -0.384. The Labute approximate surface area is 113 Å². The summed E-state index contributed by atoms with van der Waals surface area (Å²) in [5.41, 5.74) is 0.506. The van der Waals surface area contributed by atoms with Crippen molar-refractivity contribution in [1.82, 2.24) is 0 Å². The molecule has 19 heavy (non-hydrogen) atoms. The van der Waals surface area contributed by atoms with E-state index in [0.717, 1.165) is 0 Å². The number of hydrogen-bond acceptors (Lipinski definition) is 4. The molecule has 2 rings (SSSR count). The number of benzene rings is 2. The monoisotopic (exact) mass is 279 g/mol. The molecule has 0 heterocycles. The Morgan fingerprint density at radius 2 is 1.89 bits per heavy atom. The van der Waals surface area contributed by atoms with Crippen molar-refractivity contribution >= 4 is 17.4 Å². The maximum absolute atomic E-state index is 13.7. The van der Waals surface area contributed by atoms with E-state index in [1.165, 1.54) is 30.0 Å². The van der Waals surface area contributed by atoms with Crippen molar-refractivity contribution in [3.05, 3.63) is 64.0 Å². The van der Waals surface area contributed by atoms with Crippen LogP contribution in [0.1, 0.15) is 5.56 Å². The van der Waals surface area contributed by atoms with Crippen molar-refractivity contribution in [2.75, 3.05) is 0 Å². The average molecular weight is 279 g/mol. The number of non-ortho nitro benzene ring substituents is 1. The zero-order valence-corrected chi connectivity index (χ0v) is 10.6. The molecule has 1 N–H and O–H groups in total. The summed E-state index contributed by atoms with van der Waals surface area (Å²) in [5.74, 6) is -0.421. The third-order valence-electron chi connectivity index (χ3n) is 2.45. The van der Waals surface area contributed by atoms with Crippen molar-refractivity contribution < 1.29 is 14.4 Å². The van der Waals surface area contributed by atoms with Crippen LogP contribution in [0.25, 0.3) is 0 Å². The summed E-state index contributed by atoms with van der Waals surface area (Å²) in [7, 11) is 0. The molecule has 0 fully saturated rings. The number of rotatable bonds is 4. The molecule has 0 aliphatic carbocycles. The van der Waals surface area contributed by atoms with E-state index in [1.54, 1.807) is 24.3 Å². The molecule has 0 spiro atoms. The van der Waals surface area contributed by atoms with Gasteiger partial charge < -0.3 is 5.11 Å². The molecule has 4 nitrogen and oxygen atoms in total. The molecule has 6 heteroatoms. The maximum Gasteiger partial charge on any atom is 0.269 e. The minimum Gasteiger partial charge on any atom is -0.392 e. The first-order chi connectivity index (χ1) is 9.10. The molecule has 0 unspecified atom stereocenters.